The van der Waals surface area contributed by atoms with E-state index < -0.39 is 20.0 Å². The standard InChI is InChI=1S/C72H133N2O6P/c1-6-8-10-12-14-16-18-20-22-24-26-28-30-31-32-33-34-35-36-37-38-39-40-41-42-43-44-46-48-50-52-54-56-58-60-62-64-66-72(76)73-70(69-80-81(77,78)79-68-67-74(3,4)5)71(75)65-63-61-59-57-55-53-51-49-47-45-29-27-25-23-21-19-17-15-13-11-9-7-2/h8,10,14,16,20,22,26,28,47,49,55,57,63,65,70-71,75H,6-7,9,11-13,15,17-19,21,23-25,27,29-46,48,50-54,56,58-62,64,66-69H2,1-5H3,(H-,73,76,77,78)/p+1/b10-8-,16-14-,22-20-,28-26-,49-47+,57-55+,65-63+. The number of carbonyl (C=O) groups excluding carboxylic acids is 1. The van der Waals surface area contributed by atoms with E-state index in [9.17, 15) is 19.4 Å². The van der Waals surface area contributed by atoms with Gasteiger partial charge in [0, 0.05) is 6.42 Å². The highest BCUT2D eigenvalue weighted by atomic mass is 31.2. The Morgan fingerprint density at radius 3 is 1.14 bits per heavy atom. The second kappa shape index (κ2) is 62.2. The molecule has 0 rings (SSSR count). The summed E-state index contributed by atoms with van der Waals surface area (Å²) in [5, 5.41) is 14.0. The van der Waals surface area contributed by atoms with Crippen LogP contribution in [0, 0.1) is 0 Å². The molecule has 0 aromatic carbocycles. The first-order valence-corrected chi connectivity index (χ1v) is 36.0. The van der Waals surface area contributed by atoms with E-state index in [2.05, 4.69) is 92.1 Å². The van der Waals surface area contributed by atoms with Gasteiger partial charge < -0.3 is 19.8 Å². The maximum Gasteiger partial charge on any atom is 0.472 e. The van der Waals surface area contributed by atoms with Crippen LogP contribution in [0.1, 0.15) is 316 Å². The zero-order valence-electron chi connectivity index (χ0n) is 54.0. The quantitative estimate of drug-likeness (QED) is 0.0243. The second-order valence-corrected chi connectivity index (χ2v) is 26.0. The van der Waals surface area contributed by atoms with E-state index in [4.69, 9.17) is 9.05 Å². The van der Waals surface area contributed by atoms with Gasteiger partial charge in [0.1, 0.15) is 13.2 Å². The van der Waals surface area contributed by atoms with Crippen molar-refractivity contribution in [2.75, 3.05) is 40.9 Å². The molecular formula is C72H134N2O6P+. The van der Waals surface area contributed by atoms with Crippen molar-refractivity contribution in [1.82, 2.24) is 5.32 Å². The first-order chi connectivity index (χ1) is 39.5. The average Bonchev–Trinajstić information content (AvgIpc) is 3.43. The predicted molar refractivity (Wildman–Crippen MR) is 355 cm³/mol. The van der Waals surface area contributed by atoms with Crippen molar-refractivity contribution in [3.63, 3.8) is 0 Å². The maximum atomic E-state index is 13.0. The number of amides is 1. The molecule has 0 aromatic heterocycles. The number of hydrogen-bond donors (Lipinski definition) is 3. The molecule has 0 bridgehead atoms. The number of likely N-dealkylation sites (N-methyl/N-ethyl adjacent to an activating group) is 1. The van der Waals surface area contributed by atoms with Crippen molar-refractivity contribution in [3.8, 4) is 0 Å². The van der Waals surface area contributed by atoms with E-state index >= 15 is 0 Å². The zero-order valence-corrected chi connectivity index (χ0v) is 54.9. The Morgan fingerprint density at radius 2 is 0.753 bits per heavy atom. The van der Waals surface area contributed by atoms with Gasteiger partial charge in [-0.15, -0.1) is 0 Å². The Balaban J connectivity index is 4.04. The predicted octanol–water partition coefficient (Wildman–Crippen LogP) is 21.9. The molecule has 3 unspecified atom stereocenters. The third kappa shape index (κ3) is 65.1. The summed E-state index contributed by atoms with van der Waals surface area (Å²) in [5.41, 5.74) is 0. The molecule has 472 valence electrons. The van der Waals surface area contributed by atoms with Crippen molar-refractivity contribution in [3.05, 3.63) is 85.1 Å². The van der Waals surface area contributed by atoms with E-state index in [-0.39, 0.29) is 19.1 Å². The molecule has 0 saturated heterocycles. The fourth-order valence-corrected chi connectivity index (χ4v) is 10.7. The molecule has 0 spiro atoms. The summed E-state index contributed by atoms with van der Waals surface area (Å²) in [4.78, 5) is 23.4. The van der Waals surface area contributed by atoms with Gasteiger partial charge in [-0.1, -0.05) is 311 Å². The van der Waals surface area contributed by atoms with Crippen LogP contribution in [0.25, 0.3) is 0 Å². The summed E-state index contributed by atoms with van der Waals surface area (Å²) in [6.07, 6.45) is 88.8. The topological polar surface area (TPSA) is 105 Å². The molecule has 3 atom stereocenters. The number of aliphatic hydroxyl groups is 1. The van der Waals surface area contributed by atoms with Gasteiger partial charge >= 0.3 is 7.82 Å². The lowest BCUT2D eigenvalue weighted by atomic mass is 10.0. The molecule has 0 saturated carbocycles. The Labute approximate surface area is 503 Å². The van der Waals surface area contributed by atoms with Crippen molar-refractivity contribution in [1.29, 1.82) is 0 Å². The van der Waals surface area contributed by atoms with Crippen LogP contribution >= 0.6 is 7.82 Å². The number of unbranched alkanes of at least 4 members (excludes halogenated alkanes) is 38. The van der Waals surface area contributed by atoms with Crippen LogP contribution in [0.3, 0.4) is 0 Å². The number of allylic oxidation sites excluding steroid dienone is 13. The molecule has 0 aliphatic rings. The highest BCUT2D eigenvalue weighted by Crippen LogP contribution is 2.43. The minimum absolute atomic E-state index is 0.0528. The third-order valence-electron chi connectivity index (χ3n) is 15.3. The summed E-state index contributed by atoms with van der Waals surface area (Å²) in [7, 11) is 1.55. The molecule has 0 fully saturated rings. The minimum atomic E-state index is -4.37. The average molecular weight is 1150 g/mol. The zero-order chi connectivity index (χ0) is 59.1. The number of aliphatic hydroxyl groups excluding tert-OH is 1. The van der Waals surface area contributed by atoms with E-state index in [1.54, 1.807) is 6.08 Å². The number of quaternary nitrogens is 1. The molecule has 8 nitrogen and oxygen atoms in total. The van der Waals surface area contributed by atoms with Gasteiger partial charge in [-0.2, -0.15) is 0 Å². The van der Waals surface area contributed by atoms with Crippen LogP contribution in [-0.2, 0) is 18.4 Å². The lowest BCUT2D eigenvalue weighted by Gasteiger charge is -2.25. The van der Waals surface area contributed by atoms with Gasteiger partial charge in [-0.3, -0.25) is 13.8 Å². The number of hydrogen-bond acceptors (Lipinski definition) is 5. The molecule has 0 aliphatic carbocycles. The van der Waals surface area contributed by atoms with Gasteiger partial charge in [0.25, 0.3) is 0 Å². The van der Waals surface area contributed by atoms with E-state index in [0.29, 0.717) is 17.4 Å². The molecule has 0 aromatic rings. The van der Waals surface area contributed by atoms with Crippen LogP contribution in [0.4, 0.5) is 0 Å². The van der Waals surface area contributed by atoms with E-state index in [0.717, 1.165) is 70.6 Å². The van der Waals surface area contributed by atoms with Gasteiger partial charge in [0.2, 0.25) is 5.91 Å². The van der Waals surface area contributed by atoms with Gasteiger partial charge in [-0.25, -0.2) is 4.57 Å². The number of rotatable bonds is 63. The summed E-state index contributed by atoms with van der Waals surface area (Å²) in [6, 6.07) is -0.873. The number of nitrogens with one attached hydrogen (secondary N) is 1. The minimum Gasteiger partial charge on any atom is -0.387 e. The summed E-state index contributed by atoms with van der Waals surface area (Å²) in [5.74, 6) is -0.187. The van der Waals surface area contributed by atoms with Crippen LogP contribution in [0.2, 0.25) is 0 Å². The highest BCUT2D eigenvalue weighted by Gasteiger charge is 2.28. The molecule has 9 heteroatoms. The number of phosphoric acid groups is 1. The summed E-state index contributed by atoms with van der Waals surface area (Å²) in [6.45, 7) is 4.70. The van der Waals surface area contributed by atoms with Crippen LogP contribution in [-0.4, -0.2) is 73.4 Å². The lowest BCUT2D eigenvalue weighted by molar-refractivity contribution is -0.870. The fraction of sp³-hybridized carbons (Fsp3) is 0.792. The lowest BCUT2D eigenvalue weighted by Crippen LogP contribution is -2.45. The molecule has 1 amide bonds. The SMILES string of the molecule is CC/C=C\C/C=C\C/C=C\C/C=C\CCCCCCCCCCCCCCCCCCCCCCCCCCC(=O)NC(COP(=O)(O)OCC[N+](C)(C)C)C(O)/C=C/CC/C=C/CC/C=C/CCCCCCCCCCCCCC. The third-order valence-corrected chi connectivity index (χ3v) is 16.3. The Bertz CT molecular complexity index is 1600. The van der Waals surface area contributed by atoms with Crippen molar-refractivity contribution < 1.29 is 32.9 Å². The number of carbonyl (C=O) groups is 1. The van der Waals surface area contributed by atoms with Gasteiger partial charge in [0.05, 0.1) is 39.9 Å². The molecule has 0 radical (unpaired) electrons. The van der Waals surface area contributed by atoms with Crippen LogP contribution < -0.4 is 5.32 Å². The van der Waals surface area contributed by atoms with Crippen LogP contribution in [0.5, 0.6) is 0 Å². The maximum absolute atomic E-state index is 13.0. The van der Waals surface area contributed by atoms with Gasteiger partial charge in [0.15, 0.2) is 0 Å². The number of nitrogens with zero attached hydrogens (tertiary/aromatic N) is 1. The van der Waals surface area contributed by atoms with E-state index in [1.807, 2.05) is 27.2 Å². The molecule has 0 heterocycles. The van der Waals surface area contributed by atoms with E-state index in [1.165, 1.54) is 225 Å². The second-order valence-electron chi connectivity index (χ2n) is 24.5. The molecule has 3 N–H and O–H groups in total. The summed E-state index contributed by atoms with van der Waals surface area (Å²) < 4.78 is 23.8. The Kier molecular flexibility index (Phi) is 60.4. The van der Waals surface area contributed by atoms with Crippen molar-refractivity contribution in [2.24, 2.45) is 0 Å². The molecular weight excluding hydrogens is 1020 g/mol. The van der Waals surface area contributed by atoms with Crippen LogP contribution in [0.15, 0.2) is 85.1 Å². The normalized spacial score (nSPS) is 14.2. The monoisotopic (exact) mass is 1150 g/mol. The molecule has 81 heavy (non-hydrogen) atoms. The molecule has 0 aliphatic heterocycles. The van der Waals surface area contributed by atoms with Crippen molar-refractivity contribution >= 4 is 13.7 Å². The summed E-state index contributed by atoms with van der Waals surface area (Å²) >= 11 is 0. The first kappa shape index (κ1) is 78.7. The Morgan fingerprint density at radius 1 is 0.432 bits per heavy atom. The highest BCUT2D eigenvalue weighted by molar-refractivity contribution is 7.47. The smallest absolute Gasteiger partial charge is 0.387 e. The van der Waals surface area contributed by atoms with Crippen molar-refractivity contribution in [2.45, 2.75) is 328 Å². The first-order valence-electron chi connectivity index (χ1n) is 34.5. The number of phosphoric ester groups is 1. The fourth-order valence-electron chi connectivity index (χ4n) is 10.0. The Hall–Kier alpha value is -2.32. The largest absolute Gasteiger partial charge is 0.472 e. The van der Waals surface area contributed by atoms with Gasteiger partial charge in [-0.05, 0) is 83.5 Å².